The van der Waals surface area contributed by atoms with Crippen LogP contribution < -0.4 is 4.90 Å². The monoisotopic (exact) mass is 451 g/mol. The van der Waals surface area contributed by atoms with Gasteiger partial charge >= 0.3 is 0 Å². The zero-order valence-corrected chi connectivity index (χ0v) is 19.8. The first-order valence-electron chi connectivity index (χ1n) is 11.9. The van der Waals surface area contributed by atoms with Gasteiger partial charge in [-0.3, -0.25) is 14.9 Å². The average molecular weight is 452 g/mol. The summed E-state index contributed by atoms with van der Waals surface area (Å²) in [6, 6.07) is 6.70. The summed E-state index contributed by atoms with van der Waals surface area (Å²) in [6.45, 7) is 9.28. The fourth-order valence-electron chi connectivity index (χ4n) is 4.55. The molecule has 0 N–H and O–H groups in total. The number of piperazine rings is 1. The van der Waals surface area contributed by atoms with Crippen LogP contribution in [0.25, 0.3) is 0 Å². The second-order valence-electron chi connectivity index (χ2n) is 9.67. The van der Waals surface area contributed by atoms with Gasteiger partial charge in [0.2, 0.25) is 5.91 Å². The number of carbonyl (C=O) groups excluding carboxylic acids is 1. The Labute approximate surface area is 195 Å². The SMILES string of the molecule is Cc1nc(CC(C)C)nc(N2CCN(C(=O)C3CCC3)CC2)c1Cc1ccc([N+](=O)[O-])cc1. The van der Waals surface area contributed by atoms with Crippen molar-refractivity contribution in [1.82, 2.24) is 14.9 Å². The summed E-state index contributed by atoms with van der Waals surface area (Å²) in [5, 5.41) is 11.0. The number of rotatable bonds is 7. The largest absolute Gasteiger partial charge is 0.353 e. The Balaban J connectivity index is 1.57. The number of hydrogen-bond donors (Lipinski definition) is 0. The number of non-ortho nitro benzene ring substituents is 1. The second kappa shape index (κ2) is 9.85. The van der Waals surface area contributed by atoms with Crippen LogP contribution in [0.4, 0.5) is 11.5 Å². The number of nitro benzene ring substituents is 1. The van der Waals surface area contributed by atoms with Crippen molar-refractivity contribution in [1.29, 1.82) is 0 Å². The molecule has 8 nitrogen and oxygen atoms in total. The Bertz CT molecular complexity index is 1010. The lowest BCUT2D eigenvalue weighted by Crippen LogP contribution is -2.51. The molecular weight excluding hydrogens is 418 g/mol. The lowest BCUT2D eigenvalue weighted by atomic mass is 9.84. The van der Waals surface area contributed by atoms with E-state index >= 15 is 0 Å². The lowest BCUT2D eigenvalue weighted by Gasteiger charge is -2.39. The Kier molecular flexibility index (Phi) is 6.91. The molecule has 4 rings (SSSR count). The molecule has 1 amide bonds. The van der Waals surface area contributed by atoms with E-state index in [0.717, 1.165) is 73.9 Å². The van der Waals surface area contributed by atoms with Gasteiger partial charge in [-0.25, -0.2) is 9.97 Å². The predicted octanol–water partition coefficient (Wildman–Crippen LogP) is 3.93. The molecule has 0 unspecified atom stereocenters. The minimum Gasteiger partial charge on any atom is -0.353 e. The van der Waals surface area contributed by atoms with Crippen LogP contribution in [0.3, 0.4) is 0 Å². The van der Waals surface area contributed by atoms with E-state index in [9.17, 15) is 14.9 Å². The third-order valence-corrected chi connectivity index (χ3v) is 6.70. The van der Waals surface area contributed by atoms with Gasteiger partial charge in [-0.15, -0.1) is 0 Å². The van der Waals surface area contributed by atoms with Crippen molar-refractivity contribution in [3.8, 4) is 0 Å². The van der Waals surface area contributed by atoms with E-state index in [1.807, 2.05) is 11.8 Å². The first-order chi connectivity index (χ1) is 15.8. The van der Waals surface area contributed by atoms with E-state index in [2.05, 4.69) is 18.7 Å². The summed E-state index contributed by atoms with van der Waals surface area (Å²) >= 11 is 0. The summed E-state index contributed by atoms with van der Waals surface area (Å²) in [4.78, 5) is 37.3. The molecule has 1 aliphatic carbocycles. The highest BCUT2D eigenvalue weighted by Gasteiger charge is 2.32. The minimum atomic E-state index is -0.380. The molecule has 176 valence electrons. The summed E-state index contributed by atoms with van der Waals surface area (Å²) in [5.74, 6) is 2.78. The summed E-state index contributed by atoms with van der Waals surface area (Å²) in [6.07, 6.45) is 4.65. The molecule has 2 aromatic rings. The van der Waals surface area contributed by atoms with Crippen LogP contribution in [-0.4, -0.2) is 51.9 Å². The van der Waals surface area contributed by atoms with Crippen LogP contribution in [0.15, 0.2) is 24.3 Å². The molecule has 1 saturated carbocycles. The van der Waals surface area contributed by atoms with Crippen molar-refractivity contribution in [2.75, 3.05) is 31.1 Å². The second-order valence-corrected chi connectivity index (χ2v) is 9.67. The van der Waals surface area contributed by atoms with E-state index in [0.29, 0.717) is 18.2 Å². The Morgan fingerprint density at radius 2 is 1.79 bits per heavy atom. The fourth-order valence-corrected chi connectivity index (χ4v) is 4.55. The number of aryl methyl sites for hydroxylation is 1. The van der Waals surface area contributed by atoms with E-state index < -0.39 is 0 Å². The zero-order chi connectivity index (χ0) is 23.5. The van der Waals surface area contributed by atoms with E-state index in [1.54, 1.807) is 24.3 Å². The van der Waals surface area contributed by atoms with Crippen molar-refractivity contribution in [3.63, 3.8) is 0 Å². The van der Waals surface area contributed by atoms with Crippen LogP contribution >= 0.6 is 0 Å². The van der Waals surface area contributed by atoms with Crippen LogP contribution in [0.1, 0.15) is 55.8 Å². The Hall–Kier alpha value is -3.03. The number of anilines is 1. The first kappa shape index (κ1) is 23.1. The molecule has 0 radical (unpaired) electrons. The van der Waals surface area contributed by atoms with Gasteiger partial charge < -0.3 is 9.80 Å². The van der Waals surface area contributed by atoms with Gasteiger partial charge in [-0.1, -0.05) is 32.4 Å². The number of amides is 1. The third kappa shape index (κ3) is 5.31. The smallest absolute Gasteiger partial charge is 0.269 e. The van der Waals surface area contributed by atoms with Crippen molar-refractivity contribution in [3.05, 3.63) is 57.0 Å². The average Bonchev–Trinajstić information content (AvgIpc) is 2.74. The zero-order valence-electron chi connectivity index (χ0n) is 19.8. The Morgan fingerprint density at radius 3 is 2.33 bits per heavy atom. The molecule has 2 aliphatic rings. The number of hydrogen-bond acceptors (Lipinski definition) is 6. The standard InChI is InChI=1S/C25H33N5O3/c1-17(2)15-23-26-18(3)22(16-19-7-9-21(10-8-19)30(32)33)24(27-23)28-11-13-29(14-12-28)25(31)20-5-4-6-20/h7-10,17,20H,4-6,11-16H2,1-3H3. The van der Waals surface area contributed by atoms with E-state index in [1.165, 1.54) is 6.42 Å². The molecule has 1 saturated heterocycles. The van der Waals surface area contributed by atoms with Crippen molar-refractivity contribution in [2.24, 2.45) is 11.8 Å². The number of benzene rings is 1. The topological polar surface area (TPSA) is 92.5 Å². The van der Waals surface area contributed by atoms with Crippen LogP contribution in [0, 0.1) is 28.9 Å². The maximum Gasteiger partial charge on any atom is 0.269 e. The molecule has 1 aromatic carbocycles. The van der Waals surface area contributed by atoms with Gasteiger partial charge in [0.05, 0.1) is 4.92 Å². The number of nitro groups is 1. The molecule has 2 heterocycles. The highest BCUT2D eigenvalue weighted by atomic mass is 16.6. The quantitative estimate of drug-likeness (QED) is 0.468. The molecule has 8 heteroatoms. The summed E-state index contributed by atoms with van der Waals surface area (Å²) < 4.78 is 0. The summed E-state index contributed by atoms with van der Waals surface area (Å²) in [5.41, 5.74) is 3.08. The van der Waals surface area contributed by atoms with Gasteiger partial charge in [0, 0.05) is 68.3 Å². The Morgan fingerprint density at radius 1 is 1.12 bits per heavy atom. The van der Waals surface area contributed by atoms with Gasteiger partial charge in [0.25, 0.3) is 5.69 Å². The maximum absolute atomic E-state index is 12.7. The van der Waals surface area contributed by atoms with Crippen LogP contribution in [0.5, 0.6) is 0 Å². The highest BCUT2D eigenvalue weighted by molar-refractivity contribution is 5.80. The van der Waals surface area contributed by atoms with E-state index in [4.69, 9.17) is 9.97 Å². The summed E-state index contributed by atoms with van der Waals surface area (Å²) in [7, 11) is 0. The van der Waals surface area contributed by atoms with Gasteiger partial charge in [-0.05, 0) is 31.2 Å². The third-order valence-electron chi connectivity index (χ3n) is 6.70. The van der Waals surface area contributed by atoms with E-state index in [-0.39, 0.29) is 16.5 Å². The van der Waals surface area contributed by atoms with Gasteiger partial charge in [-0.2, -0.15) is 0 Å². The molecule has 0 spiro atoms. The molecular formula is C25H33N5O3. The molecule has 33 heavy (non-hydrogen) atoms. The van der Waals surface area contributed by atoms with Gasteiger partial charge in [0.1, 0.15) is 11.6 Å². The predicted molar refractivity (Wildman–Crippen MR) is 127 cm³/mol. The normalized spacial score (nSPS) is 16.7. The molecule has 0 bridgehead atoms. The molecule has 1 aromatic heterocycles. The molecule has 1 aliphatic heterocycles. The minimum absolute atomic E-state index is 0.0893. The van der Waals surface area contributed by atoms with Crippen LogP contribution in [0.2, 0.25) is 0 Å². The maximum atomic E-state index is 12.7. The molecule has 2 fully saturated rings. The lowest BCUT2D eigenvalue weighted by molar-refractivity contribution is -0.384. The first-order valence-corrected chi connectivity index (χ1v) is 11.9. The number of carbonyl (C=O) groups is 1. The fraction of sp³-hybridized carbons (Fsp3) is 0.560. The van der Waals surface area contributed by atoms with Crippen LogP contribution in [-0.2, 0) is 17.6 Å². The molecule has 0 atom stereocenters. The van der Waals surface area contributed by atoms with Crippen molar-refractivity contribution >= 4 is 17.4 Å². The van der Waals surface area contributed by atoms with Crippen molar-refractivity contribution in [2.45, 2.75) is 52.9 Å². The highest BCUT2D eigenvalue weighted by Crippen LogP contribution is 2.30. The van der Waals surface area contributed by atoms with Crippen molar-refractivity contribution < 1.29 is 9.72 Å². The number of aromatic nitrogens is 2. The van der Waals surface area contributed by atoms with Gasteiger partial charge in [0.15, 0.2) is 0 Å². The number of nitrogens with zero attached hydrogens (tertiary/aromatic N) is 5.